The summed E-state index contributed by atoms with van der Waals surface area (Å²) in [5.41, 5.74) is 1.81. The second kappa shape index (κ2) is 5.59. The van der Waals surface area contributed by atoms with Crippen molar-refractivity contribution in [2.24, 2.45) is 0 Å². The Hall–Kier alpha value is -2.11. The molecule has 0 aromatic carbocycles. The Morgan fingerprint density at radius 1 is 1.41 bits per heavy atom. The Balaban J connectivity index is 1.74. The van der Waals surface area contributed by atoms with Gasteiger partial charge in [-0.25, -0.2) is 0 Å². The molecule has 1 fully saturated rings. The van der Waals surface area contributed by atoms with Crippen molar-refractivity contribution in [3.8, 4) is 0 Å². The Bertz CT molecular complexity index is 686. The fourth-order valence-electron chi connectivity index (χ4n) is 3.11. The van der Waals surface area contributed by atoms with Crippen LogP contribution in [-0.4, -0.2) is 38.6 Å². The van der Waals surface area contributed by atoms with Gasteiger partial charge in [0.2, 0.25) is 5.89 Å². The lowest BCUT2D eigenvalue weighted by molar-refractivity contribution is 0.0788. The molecule has 1 atom stereocenters. The number of amides is 1. The zero-order chi connectivity index (χ0) is 15.9. The van der Waals surface area contributed by atoms with Crippen LogP contribution in [0.2, 0.25) is 0 Å². The summed E-state index contributed by atoms with van der Waals surface area (Å²) in [5, 5.41) is 3.83. The van der Waals surface area contributed by atoms with Crippen molar-refractivity contribution in [2.45, 2.75) is 46.1 Å². The highest BCUT2D eigenvalue weighted by molar-refractivity contribution is 5.95. The number of likely N-dealkylation sites (tertiary alicyclic amines) is 1. The van der Waals surface area contributed by atoms with Crippen LogP contribution in [0.25, 0.3) is 0 Å². The highest BCUT2D eigenvalue weighted by Gasteiger charge is 2.32. The van der Waals surface area contributed by atoms with Gasteiger partial charge in [-0.2, -0.15) is 4.98 Å². The van der Waals surface area contributed by atoms with E-state index in [1.54, 1.807) is 0 Å². The third kappa shape index (κ3) is 2.53. The number of rotatable bonds is 3. The lowest BCUT2D eigenvalue weighted by Crippen LogP contribution is -2.29. The summed E-state index contributed by atoms with van der Waals surface area (Å²) in [6.45, 7) is 9.42. The van der Waals surface area contributed by atoms with E-state index in [1.807, 2.05) is 31.0 Å². The number of carbonyl (C=O) groups excluding carboxylic acids is 1. The Labute approximate surface area is 130 Å². The molecule has 2 aromatic rings. The molecule has 118 valence electrons. The van der Waals surface area contributed by atoms with Crippen LogP contribution in [-0.2, 0) is 0 Å². The molecule has 1 aliphatic rings. The first kappa shape index (κ1) is 14.8. The van der Waals surface area contributed by atoms with Gasteiger partial charge < -0.3 is 14.0 Å². The Morgan fingerprint density at radius 3 is 2.77 bits per heavy atom. The highest BCUT2D eigenvalue weighted by Crippen LogP contribution is 2.28. The maximum atomic E-state index is 12.7. The van der Waals surface area contributed by atoms with E-state index < -0.39 is 0 Å². The molecular formula is C16H22N4O2. The number of hydrogen-bond donors (Lipinski definition) is 0. The third-order valence-corrected chi connectivity index (χ3v) is 4.33. The smallest absolute Gasteiger partial charge is 0.255 e. The van der Waals surface area contributed by atoms with Crippen LogP contribution in [0, 0.1) is 13.8 Å². The standard InChI is InChI=1S/C16H22N4O2/c1-10(2)20-8-6-14(11(20)3)16(21)19-7-5-13(9-19)15-17-12(4)18-22-15/h6,8,10,13H,5,7,9H2,1-4H3. The number of carbonyl (C=O) groups is 1. The lowest BCUT2D eigenvalue weighted by Gasteiger charge is -2.17. The van der Waals surface area contributed by atoms with Crippen molar-refractivity contribution >= 4 is 5.91 Å². The van der Waals surface area contributed by atoms with Crippen LogP contribution in [0.5, 0.6) is 0 Å². The SMILES string of the molecule is Cc1noc(C2CCN(C(=O)c3ccn(C(C)C)c3C)C2)n1. The number of hydrogen-bond acceptors (Lipinski definition) is 4. The van der Waals surface area contributed by atoms with E-state index in [0.717, 1.165) is 24.2 Å². The first-order valence-electron chi connectivity index (χ1n) is 7.74. The molecule has 1 saturated heterocycles. The minimum atomic E-state index is 0.0932. The van der Waals surface area contributed by atoms with Crippen molar-refractivity contribution in [1.29, 1.82) is 0 Å². The molecule has 0 spiro atoms. The van der Waals surface area contributed by atoms with Crippen LogP contribution in [0.3, 0.4) is 0 Å². The molecule has 0 radical (unpaired) electrons. The van der Waals surface area contributed by atoms with Crippen LogP contribution in [0.15, 0.2) is 16.8 Å². The van der Waals surface area contributed by atoms with Crippen molar-refractivity contribution in [3.63, 3.8) is 0 Å². The van der Waals surface area contributed by atoms with E-state index in [9.17, 15) is 4.79 Å². The summed E-state index contributed by atoms with van der Waals surface area (Å²) in [5.74, 6) is 1.53. The van der Waals surface area contributed by atoms with Gasteiger partial charge in [-0.3, -0.25) is 4.79 Å². The van der Waals surface area contributed by atoms with Gasteiger partial charge in [-0.1, -0.05) is 5.16 Å². The Morgan fingerprint density at radius 2 is 2.18 bits per heavy atom. The predicted molar refractivity (Wildman–Crippen MR) is 81.9 cm³/mol. The summed E-state index contributed by atoms with van der Waals surface area (Å²) >= 11 is 0. The van der Waals surface area contributed by atoms with Gasteiger partial charge in [-0.05, 0) is 40.2 Å². The largest absolute Gasteiger partial charge is 0.348 e. The predicted octanol–water partition coefficient (Wildman–Crippen LogP) is 2.70. The van der Waals surface area contributed by atoms with Crippen molar-refractivity contribution in [2.75, 3.05) is 13.1 Å². The quantitative estimate of drug-likeness (QED) is 0.874. The first-order valence-corrected chi connectivity index (χ1v) is 7.74. The van der Waals surface area contributed by atoms with Gasteiger partial charge in [0, 0.05) is 31.0 Å². The maximum absolute atomic E-state index is 12.7. The number of nitrogens with zero attached hydrogens (tertiary/aromatic N) is 4. The van der Waals surface area contributed by atoms with Crippen molar-refractivity contribution in [3.05, 3.63) is 35.2 Å². The van der Waals surface area contributed by atoms with Crippen LogP contribution < -0.4 is 0 Å². The minimum absolute atomic E-state index is 0.0932. The van der Waals surface area contributed by atoms with E-state index >= 15 is 0 Å². The van der Waals surface area contributed by atoms with Gasteiger partial charge in [-0.15, -0.1) is 0 Å². The molecule has 0 N–H and O–H groups in total. The average Bonchev–Trinajstić information content (AvgIpc) is 3.16. The van der Waals surface area contributed by atoms with Crippen molar-refractivity contribution < 1.29 is 9.32 Å². The third-order valence-electron chi connectivity index (χ3n) is 4.33. The molecule has 2 aromatic heterocycles. The topological polar surface area (TPSA) is 64.2 Å². The molecule has 0 aliphatic carbocycles. The maximum Gasteiger partial charge on any atom is 0.255 e. The molecular weight excluding hydrogens is 280 g/mol. The summed E-state index contributed by atoms with van der Waals surface area (Å²) in [7, 11) is 0. The molecule has 6 nitrogen and oxygen atoms in total. The van der Waals surface area contributed by atoms with Gasteiger partial charge in [0.05, 0.1) is 11.5 Å². The van der Waals surface area contributed by atoms with Gasteiger partial charge in [0.15, 0.2) is 5.82 Å². The van der Waals surface area contributed by atoms with E-state index in [2.05, 4.69) is 28.6 Å². The molecule has 6 heteroatoms. The molecule has 1 amide bonds. The van der Waals surface area contributed by atoms with Crippen molar-refractivity contribution in [1.82, 2.24) is 19.6 Å². The Kier molecular flexibility index (Phi) is 3.76. The fraction of sp³-hybridized carbons (Fsp3) is 0.562. The van der Waals surface area contributed by atoms with E-state index in [0.29, 0.717) is 24.3 Å². The molecule has 1 unspecified atom stereocenters. The summed E-state index contributed by atoms with van der Waals surface area (Å²) in [6.07, 6.45) is 2.86. The monoisotopic (exact) mass is 302 g/mol. The second-order valence-electron chi connectivity index (χ2n) is 6.23. The van der Waals surface area contributed by atoms with Crippen LogP contribution in [0.1, 0.15) is 60.0 Å². The fourth-order valence-corrected chi connectivity index (χ4v) is 3.11. The zero-order valence-corrected chi connectivity index (χ0v) is 13.5. The molecule has 0 bridgehead atoms. The number of aromatic nitrogens is 3. The normalized spacial score (nSPS) is 18.4. The average molecular weight is 302 g/mol. The molecule has 3 heterocycles. The summed E-state index contributed by atoms with van der Waals surface area (Å²) in [6, 6.07) is 2.27. The van der Waals surface area contributed by atoms with Gasteiger partial charge in [0.25, 0.3) is 5.91 Å². The summed E-state index contributed by atoms with van der Waals surface area (Å²) < 4.78 is 7.37. The molecule has 1 aliphatic heterocycles. The minimum Gasteiger partial charge on any atom is -0.348 e. The van der Waals surface area contributed by atoms with Gasteiger partial charge >= 0.3 is 0 Å². The molecule has 0 saturated carbocycles. The molecule has 22 heavy (non-hydrogen) atoms. The highest BCUT2D eigenvalue weighted by atomic mass is 16.5. The second-order valence-corrected chi connectivity index (χ2v) is 6.23. The first-order chi connectivity index (χ1) is 10.5. The van der Waals surface area contributed by atoms with Gasteiger partial charge in [0.1, 0.15) is 0 Å². The van der Waals surface area contributed by atoms with E-state index in [1.165, 1.54) is 0 Å². The van der Waals surface area contributed by atoms with E-state index in [4.69, 9.17) is 4.52 Å². The summed E-state index contributed by atoms with van der Waals surface area (Å²) in [4.78, 5) is 18.9. The molecule has 3 rings (SSSR count). The van der Waals surface area contributed by atoms with Crippen LogP contribution in [0.4, 0.5) is 0 Å². The lowest BCUT2D eigenvalue weighted by atomic mass is 10.1. The van der Waals surface area contributed by atoms with E-state index in [-0.39, 0.29) is 11.8 Å². The number of aryl methyl sites for hydroxylation is 1. The van der Waals surface area contributed by atoms with Crippen LogP contribution >= 0.6 is 0 Å². The zero-order valence-electron chi connectivity index (χ0n) is 13.5.